The van der Waals surface area contributed by atoms with Crippen molar-refractivity contribution in [2.75, 3.05) is 5.75 Å². The first kappa shape index (κ1) is 15.4. The maximum Gasteiger partial charge on any atom is 0.163 e. The summed E-state index contributed by atoms with van der Waals surface area (Å²) in [6.07, 6.45) is 0. The summed E-state index contributed by atoms with van der Waals surface area (Å²) >= 11 is 4.90. The predicted molar refractivity (Wildman–Crippen MR) is 81.3 cm³/mol. The molecule has 0 heterocycles. The van der Waals surface area contributed by atoms with Crippen LogP contribution in [-0.4, -0.2) is 5.75 Å². The van der Waals surface area contributed by atoms with Gasteiger partial charge in [-0.25, -0.2) is 8.78 Å². The lowest BCUT2D eigenvalue weighted by atomic mass is 10.1. The van der Waals surface area contributed by atoms with E-state index in [9.17, 15) is 8.78 Å². The molecule has 0 saturated heterocycles. The van der Waals surface area contributed by atoms with Crippen LogP contribution in [0.1, 0.15) is 11.6 Å². The molecule has 2 aromatic carbocycles. The van der Waals surface area contributed by atoms with Gasteiger partial charge in [-0.2, -0.15) is 0 Å². The summed E-state index contributed by atoms with van der Waals surface area (Å²) in [5.74, 6) is 4.23. The van der Waals surface area contributed by atoms with Gasteiger partial charge >= 0.3 is 0 Å². The van der Waals surface area contributed by atoms with Gasteiger partial charge in [0.15, 0.2) is 11.6 Å². The quantitative estimate of drug-likeness (QED) is 0.481. The van der Waals surface area contributed by atoms with Crippen LogP contribution in [0.15, 0.2) is 51.8 Å². The molecule has 0 radical (unpaired) electrons. The van der Waals surface area contributed by atoms with E-state index in [0.717, 1.165) is 15.4 Å². The van der Waals surface area contributed by atoms with Crippen LogP contribution in [0.3, 0.4) is 0 Å². The molecule has 0 aromatic heterocycles. The molecule has 20 heavy (non-hydrogen) atoms. The summed E-state index contributed by atoms with van der Waals surface area (Å²) in [6, 6.07) is 11.4. The Bertz CT molecular complexity index is 595. The first-order chi connectivity index (χ1) is 9.61. The lowest BCUT2D eigenvalue weighted by molar-refractivity contribution is 0.478. The average Bonchev–Trinajstić information content (AvgIpc) is 2.44. The van der Waals surface area contributed by atoms with Crippen molar-refractivity contribution < 1.29 is 8.78 Å². The highest BCUT2D eigenvalue weighted by molar-refractivity contribution is 9.10. The fraction of sp³-hybridized carbons (Fsp3) is 0.143. The van der Waals surface area contributed by atoms with Gasteiger partial charge in [-0.15, -0.1) is 11.8 Å². The Balaban J connectivity index is 2.11. The molecule has 2 rings (SSSR count). The van der Waals surface area contributed by atoms with Crippen LogP contribution in [-0.2, 0) is 0 Å². The molecule has 1 atom stereocenters. The molecule has 1 unspecified atom stereocenters. The largest absolute Gasteiger partial charge is 0.271 e. The SMILES string of the molecule is NNC(CSc1cccc(Br)c1)c1cccc(F)c1F. The van der Waals surface area contributed by atoms with Gasteiger partial charge in [0.1, 0.15) is 0 Å². The highest BCUT2D eigenvalue weighted by Crippen LogP contribution is 2.28. The number of hydrazine groups is 1. The number of hydrogen-bond donors (Lipinski definition) is 2. The van der Waals surface area contributed by atoms with Gasteiger partial charge in [0.2, 0.25) is 0 Å². The zero-order valence-corrected chi connectivity index (χ0v) is 12.8. The molecule has 0 spiro atoms. The van der Waals surface area contributed by atoms with E-state index >= 15 is 0 Å². The summed E-state index contributed by atoms with van der Waals surface area (Å²) in [6.45, 7) is 0. The second kappa shape index (κ2) is 7.17. The van der Waals surface area contributed by atoms with E-state index in [-0.39, 0.29) is 5.56 Å². The summed E-state index contributed by atoms with van der Waals surface area (Å²) < 4.78 is 27.9. The Hall–Kier alpha value is -0.950. The van der Waals surface area contributed by atoms with Crippen LogP contribution in [0.4, 0.5) is 8.78 Å². The van der Waals surface area contributed by atoms with Gasteiger partial charge in [-0.1, -0.05) is 34.1 Å². The second-order valence-electron chi connectivity index (χ2n) is 4.13. The van der Waals surface area contributed by atoms with Crippen molar-refractivity contribution in [3.8, 4) is 0 Å². The molecule has 0 saturated carbocycles. The van der Waals surface area contributed by atoms with Crippen LogP contribution in [0, 0.1) is 11.6 Å². The predicted octanol–water partition coefficient (Wildman–Crippen LogP) is 4.02. The average molecular weight is 359 g/mol. The molecular formula is C14H13BrF2N2S. The van der Waals surface area contributed by atoms with E-state index in [1.807, 2.05) is 24.3 Å². The molecule has 3 N–H and O–H groups in total. The highest BCUT2D eigenvalue weighted by atomic mass is 79.9. The maximum absolute atomic E-state index is 13.7. The normalized spacial score (nSPS) is 12.4. The maximum atomic E-state index is 13.7. The minimum atomic E-state index is -0.866. The van der Waals surface area contributed by atoms with Gasteiger partial charge in [0.05, 0.1) is 6.04 Å². The number of halogens is 3. The summed E-state index contributed by atoms with van der Waals surface area (Å²) in [5.41, 5.74) is 2.76. The highest BCUT2D eigenvalue weighted by Gasteiger charge is 2.17. The molecule has 0 bridgehead atoms. The zero-order chi connectivity index (χ0) is 14.5. The monoisotopic (exact) mass is 358 g/mol. The number of nitrogens with two attached hydrogens (primary N) is 1. The standard InChI is InChI=1S/C14H13BrF2N2S/c15-9-3-1-4-10(7-9)20-8-13(19-18)11-5-2-6-12(16)14(11)17/h1-7,13,19H,8,18H2. The molecule has 106 valence electrons. The number of benzene rings is 2. The van der Waals surface area contributed by atoms with Crippen molar-refractivity contribution in [2.45, 2.75) is 10.9 Å². The third-order valence-corrected chi connectivity index (χ3v) is 4.35. The third kappa shape index (κ3) is 3.79. The molecule has 0 aliphatic carbocycles. The summed E-state index contributed by atoms with van der Waals surface area (Å²) in [7, 11) is 0. The molecule has 0 aliphatic rings. The number of nitrogens with one attached hydrogen (secondary N) is 1. The fourth-order valence-electron chi connectivity index (χ4n) is 1.75. The molecule has 0 amide bonds. The summed E-state index contributed by atoms with van der Waals surface area (Å²) in [5, 5.41) is 0. The van der Waals surface area contributed by atoms with Crippen molar-refractivity contribution in [1.82, 2.24) is 5.43 Å². The molecule has 2 aromatic rings. The molecule has 0 aliphatic heterocycles. The van der Waals surface area contributed by atoms with Crippen molar-refractivity contribution in [3.05, 3.63) is 64.1 Å². The first-order valence-electron chi connectivity index (χ1n) is 5.90. The molecule has 0 fully saturated rings. The lowest BCUT2D eigenvalue weighted by Crippen LogP contribution is -2.30. The van der Waals surface area contributed by atoms with Crippen molar-refractivity contribution in [1.29, 1.82) is 0 Å². The second-order valence-corrected chi connectivity index (χ2v) is 6.14. The van der Waals surface area contributed by atoms with Gasteiger partial charge in [0, 0.05) is 20.7 Å². The van der Waals surface area contributed by atoms with E-state index in [1.54, 1.807) is 0 Å². The van der Waals surface area contributed by atoms with Crippen molar-refractivity contribution in [3.63, 3.8) is 0 Å². The molecule has 2 nitrogen and oxygen atoms in total. The van der Waals surface area contributed by atoms with E-state index in [2.05, 4.69) is 21.4 Å². The van der Waals surface area contributed by atoms with Crippen LogP contribution < -0.4 is 11.3 Å². The van der Waals surface area contributed by atoms with Crippen LogP contribution in [0.5, 0.6) is 0 Å². The Morgan fingerprint density at radius 2 is 1.95 bits per heavy atom. The number of thioether (sulfide) groups is 1. The summed E-state index contributed by atoms with van der Waals surface area (Å²) in [4.78, 5) is 1.02. The zero-order valence-electron chi connectivity index (χ0n) is 10.4. The Labute approximate surface area is 128 Å². The van der Waals surface area contributed by atoms with E-state index in [4.69, 9.17) is 5.84 Å². The Morgan fingerprint density at radius 1 is 1.20 bits per heavy atom. The van der Waals surface area contributed by atoms with E-state index in [0.29, 0.717) is 5.75 Å². The smallest absolute Gasteiger partial charge is 0.163 e. The lowest BCUT2D eigenvalue weighted by Gasteiger charge is -2.17. The van der Waals surface area contributed by atoms with Crippen LogP contribution >= 0.6 is 27.7 Å². The van der Waals surface area contributed by atoms with Gasteiger partial charge < -0.3 is 0 Å². The van der Waals surface area contributed by atoms with Gasteiger partial charge in [0.25, 0.3) is 0 Å². The molecular weight excluding hydrogens is 346 g/mol. The molecule has 6 heteroatoms. The van der Waals surface area contributed by atoms with Crippen LogP contribution in [0.2, 0.25) is 0 Å². The topological polar surface area (TPSA) is 38.0 Å². The minimum Gasteiger partial charge on any atom is -0.271 e. The van der Waals surface area contributed by atoms with E-state index < -0.39 is 17.7 Å². The van der Waals surface area contributed by atoms with Crippen LogP contribution in [0.25, 0.3) is 0 Å². The Morgan fingerprint density at radius 3 is 2.65 bits per heavy atom. The Kier molecular flexibility index (Phi) is 5.54. The minimum absolute atomic E-state index is 0.231. The van der Waals surface area contributed by atoms with Crippen molar-refractivity contribution in [2.24, 2.45) is 5.84 Å². The third-order valence-electron chi connectivity index (χ3n) is 2.77. The van der Waals surface area contributed by atoms with Gasteiger partial charge in [-0.05, 0) is 24.3 Å². The van der Waals surface area contributed by atoms with E-state index in [1.165, 1.54) is 23.9 Å². The number of rotatable bonds is 5. The van der Waals surface area contributed by atoms with Crippen molar-refractivity contribution >= 4 is 27.7 Å². The number of hydrogen-bond acceptors (Lipinski definition) is 3. The van der Waals surface area contributed by atoms with Gasteiger partial charge in [-0.3, -0.25) is 11.3 Å². The fourth-order valence-corrected chi connectivity index (χ4v) is 3.32. The first-order valence-corrected chi connectivity index (χ1v) is 7.68.